The van der Waals surface area contributed by atoms with E-state index in [9.17, 15) is 0 Å². The van der Waals surface area contributed by atoms with E-state index in [0.717, 1.165) is 17.2 Å². The van der Waals surface area contributed by atoms with Crippen LogP contribution in [0.3, 0.4) is 0 Å². The number of aromatic nitrogens is 3. The molecule has 0 atom stereocenters. The summed E-state index contributed by atoms with van der Waals surface area (Å²) in [5.74, 6) is 1.47. The van der Waals surface area contributed by atoms with Crippen LogP contribution in [0.4, 0.5) is 0 Å². The molecule has 0 spiro atoms. The van der Waals surface area contributed by atoms with E-state index >= 15 is 0 Å². The minimum atomic E-state index is 0.507. The van der Waals surface area contributed by atoms with Crippen molar-refractivity contribution in [2.24, 2.45) is 5.10 Å². The minimum Gasteiger partial charge on any atom is -0.202 e. The quantitative estimate of drug-likeness (QED) is 0.786. The molecule has 2 aromatic rings. The molecule has 1 aromatic heterocycles. The topological polar surface area (TPSA) is 43.1 Å². The number of benzene rings is 1. The van der Waals surface area contributed by atoms with Gasteiger partial charge in [-0.05, 0) is 31.5 Å². The predicted octanol–water partition coefficient (Wildman–Crippen LogP) is 3.08. The van der Waals surface area contributed by atoms with Gasteiger partial charge in [0.2, 0.25) is 0 Å². The molecule has 0 saturated heterocycles. The smallest absolute Gasteiger partial charge is 0.151 e. The molecule has 0 aliphatic rings. The lowest BCUT2D eigenvalue weighted by molar-refractivity contribution is 0.799. The summed E-state index contributed by atoms with van der Waals surface area (Å²) in [4.78, 5) is 0. The molecule has 0 saturated carbocycles. The fourth-order valence-electron chi connectivity index (χ4n) is 1.35. The summed E-state index contributed by atoms with van der Waals surface area (Å²) in [6, 6.07) is 5.33. The highest BCUT2D eigenvalue weighted by atomic mass is 35.5. The summed E-state index contributed by atoms with van der Waals surface area (Å²) in [6.45, 7) is 3.68. The number of hydrogen-bond donors (Lipinski definition) is 0. The van der Waals surface area contributed by atoms with Crippen molar-refractivity contribution in [1.29, 1.82) is 0 Å². The summed E-state index contributed by atoms with van der Waals surface area (Å²) >= 11 is 11.7. The van der Waals surface area contributed by atoms with Gasteiger partial charge in [0.1, 0.15) is 0 Å². The highest BCUT2D eigenvalue weighted by Gasteiger charge is 2.02. The van der Waals surface area contributed by atoms with Gasteiger partial charge in [0.05, 0.1) is 16.3 Å². The van der Waals surface area contributed by atoms with Gasteiger partial charge < -0.3 is 0 Å². The van der Waals surface area contributed by atoms with Crippen molar-refractivity contribution in [3.8, 4) is 0 Å². The van der Waals surface area contributed by atoms with Crippen LogP contribution in [-0.2, 0) is 0 Å². The Kier molecular flexibility index (Phi) is 3.45. The lowest BCUT2D eigenvalue weighted by Gasteiger charge is -1.99. The van der Waals surface area contributed by atoms with Gasteiger partial charge >= 0.3 is 0 Å². The van der Waals surface area contributed by atoms with Gasteiger partial charge in [0.15, 0.2) is 11.6 Å². The van der Waals surface area contributed by atoms with E-state index in [1.165, 1.54) is 0 Å². The third-order valence-corrected chi connectivity index (χ3v) is 2.96. The molecular formula is C11H10Cl2N4. The molecule has 0 bridgehead atoms. The number of nitrogens with zero attached hydrogens (tertiary/aromatic N) is 4. The zero-order valence-corrected chi connectivity index (χ0v) is 10.9. The molecule has 0 radical (unpaired) electrons. The average molecular weight is 269 g/mol. The summed E-state index contributed by atoms with van der Waals surface area (Å²) in [5.41, 5.74) is 0.868. The van der Waals surface area contributed by atoms with Crippen LogP contribution in [0.25, 0.3) is 0 Å². The molecule has 0 aliphatic carbocycles. The van der Waals surface area contributed by atoms with E-state index in [-0.39, 0.29) is 0 Å². The zero-order chi connectivity index (χ0) is 12.4. The Bertz CT molecular complexity index is 555. The van der Waals surface area contributed by atoms with Gasteiger partial charge in [0, 0.05) is 0 Å². The monoisotopic (exact) mass is 268 g/mol. The van der Waals surface area contributed by atoms with E-state index in [1.54, 1.807) is 23.0 Å². The van der Waals surface area contributed by atoms with Crippen molar-refractivity contribution in [2.75, 3.05) is 0 Å². The summed E-state index contributed by atoms with van der Waals surface area (Å²) < 4.78 is 1.66. The molecule has 0 unspecified atom stereocenters. The van der Waals surface area contributed by atoms with Crippen molar-refractivity contribution in [2.45, 2.75) is 13.8 Å². The van der Waals surface area contributed by atoms with Gasteiger partial charge in [-0.25, -0.2) is 4.68 Å². The molecule has 6 heteroatoms. The van der Waals surface area contributed by atoms with Crippen LogP contribution in [0.5, 0.6) is 0 Å². The highest BCUT2D eigenvalue weighted by molar-refractivity contribution is 6.42. The maximum Gasteiger partial charge on any atom is 0.151 e. The van der Waals surface area contributed by atoms with Crippen molar-refractivity contribution < 1.29 is 0 Å². The molecule has 1 heterocycles. The summed E-state index contributed by atoms with van der Waals surface area (Å²) in [5, 5.41) is 13.1. The molecular weight excluding hydrogens is 259 g/mol. The van der Waals surface area contributed by atoms with Crippen molar-refractivity contribution in [3.05, 3.63) is 45.5 Å². The number of aryl methyl sites for hydroxylation is 2. The first kappa shape index (κ1) is 12.1. The number of rotatable bonds is 2. The van der Waals surface area contributed by atoms with E-state index in [2.05, 4.69) is 15.3 Å². The Balaban J connectivity index is 2.29. The van der Waals surface area contributed by atoms with Gasteiger partial charge in [-0.2, -0.15) is 5.10 Å². The third-order valence-electron chi connectivity index (χ3n) is 2.22. The van der Waals surface area contributed by atoms with Gasteiger partial charge in [-0.15, -0.1) is 10.2 Å². The Labute approximate surface area is 109 Å². The standard InChI is InChI=1S/C11H10Cl2N4/c1-7-15-16-8(2)17(7)14-6-9-3-4-10(12)11(13)5-9/h3-6H,1-2H3. The van der Waals surface area contributed by atoms with Crippen LogP contribution >= 0.6 is 23.2 Å². The fourth-order valence-corrected chi connectivity index (χ4v) is 1.65. The summed E-state index contributed by atoms with van der Waals surface area (Å²) in [6.07, 6.45) is 1.69. The molecule has 88 valence electrons. The predicted molar refractivity (Wildman–Crippen MR) is 69.0 cm³/mol. The van der Waals surface area contributed by atoms with Crippen LogP contribution in [0.2, 0.25) is 10.0 Å². The highest BCUT2D eigenvalue weighted by Crippen LogP contribution is 2.21. The number of halogens is 2. The SMILES string of the molecule is Cc1nnc(C)n1N=Cc1ccc(Cl)c(Cl)c1. The molecule has 17 heavy (non-hydrogen) atoms. The fraction of sp³-hybridized carbons (Fsp3) is 0.182. The van der Waals surface area contributed by atoms with Crippen LogP contribution in [0.1, 0.15) is 17.2 Å². The van der Waals surface area contributed by atoms with Crippen molar-refractivity contribution in [3.63, 3.8) is 0 Å². The Morgan fingerprint density at radius 2 is 1.76 bits per heavy atom. The first-order valence-electron chi connectivity index (χ1n) is 4.96. The van der Waals surface area contributed by atoms with E-state index in [0.29, 0.717) is 10.0 Å². The van der Waals surface area contributed by atoms with E-state index in [4.69, 9.17) is 23.2 Å². The van der Waals surface area contributed by atoms with Crippen LogP contribution < -0.4 is 0 Å². The average Bonchev–Trinajstić information content (AvgIpc) is 2.61. The maximum atomic E-state index is 5.91. The summed E-state index contributed by atoms with van der Waals surface area (Å²) in [7, 11) is 0. The largest absolute Gasteiger partial charge is 0.202 e. The Morgan fingerprint density at radius 1 is 1.12 bits per heavy atom. The van der Waals surface area contributed by atoms with Gasteiger partial charge in [0.25, 0.3) is 0 Å². The Hall–Kier alpha value is -1.39. The van der Waals surface area contributed by atoms with Gasteiger partial charge in [-0.3, -0.25) is 0 Å². The van der Waals surface area contributed by atoms with E-state index < -0.39 is 0 Å². The normalized spacial score (nSPS) is 11.3. The molecule has 2 rings (SSSR count). The van der Waals surface area contributed by atoms with Crippen LogP contribution in [-0.4, -0.2) is 21.1 Å². The minimum absolute atomic E-state index is 0.507. The second-order valence-electron chi connectivity index (χ2n) is 3.52. The van der Waals surface area contributed by atoms with Crippen molar-refractivity contribution in [1.82, 2.24) is 14.9 Å². The first-order chi connectivity index (χ1) is 8.08. The molecule has 0 fully saturated rings. The lowest BCUT2D eigenvalue weighted by atomic mass is 10.2. The maximum absolute atomic E-state index is 5.91. The van der Waals surface area contributed by atoms with Crippen molar-refractivity contribution >= 4 is 29.4 Å². The molecule has 0 N–H and O–H groups in total. The lowest BCUT2D eigenvalue weighted by Crippen LogP contribution is -1.96. The first-order valence-corrected chi connectivity index (χ1v) is 5.71. The second-order valence-corrected chi connectivity index (χ2v) is 4.34. The van der Waals surface area contributed by atoms with Crippen LogP contribution in [0.15, 0.2) is 23.3 Å². The third kappa shape index (κ3) is 2.65. The molecule has 1 aromatic carbocycles. The zero-order valence-electron chi connectivity index (χ0n) is 9.35. The molecule has 0 amide bonds. The second kappa shape index (κ2) is 4.85. The van der Waals surface area contributed by atoms with E-state index in [1.807, 2.05) is 19.9 Å². The molecule has 0 aliphatic heterocycles. The molecule has 4 nitrogen and oxygen atoms in total. The van der Waals surface area contributed by atoms with Gasteiger partial charge in [-0.1, -0.05) is 29.3 Å². The number of hydrogen-bond acceptors (Lipinski definition) is 3. The van der Waals surface area contributed by atoms with Crippen LogP contribution in [0, 0.1) is 13.8 Å². The Morgan fingerprint density at radius 3 is 2.35 bits per heavy atom.